The number of hydrogen-bond donors (Lipinski definition) is 2. The molecule has 0 saturated carbocycles. The summed E-state index contributed by atoms with van der Waals surface area (Å²) in [5.41, 5.74) is 1.30. The molecule has 36 heavy (non-hydrogen) atoms. The van der Waals surface area contributed by atoms with Crippen LogP contribution in [0.5, 0.6) is 0 Å². The van der Waals surface area contributed by atoms with Gasteiger partial charge in [-0.3, -0.25) is 14.9 Å². The number of carbonyl (C=O) groups excluding carboxylic acids is 2. The van der Waals surface area contributed by atoms with Gasteiger partial charge in [0.15, 0.2) is 5.58 Å². The van der Waals surface area contributed by atoms with Crippen molar-refractivity contribution in [3.63, 3.8) is 0 Å². The van der Waals surface area contributed by atoms with Crippen LogP contribution in [0, 0.1) is 0 Å². The lowest BCUT2D eigenvalue weighted by atomic mass is 10.0. The van der Waals surface area contributed by atoms with Crippen molar-refractivity contribution in [3.05, 3.63) is 101 Å². The van der Waals surface area contributed by atoms with Gasteiger partial charge >= 0.3 is 6.18 Å². The smallest absolute Gasteiger partial charge is 0.407 e. The highest BCUT2D eigenvalue weighted by atomic mass is 35.5. The highest BCUT2D eigenvalue weighted by molar-refractivity contribution is 6.31. The minimum Gasteiger partial charge on any atom is -0.434 e. The van der Waals surface area contributed by atoms with Gasteiger partial charge in [-0.15, -0.1) is 0 Å². The minimum absolute atomic E-state index is 0.0514. The Hall–Kier alpha value is -3.69. The zero-order valence-electron chi connectivity index (χ0n) is 18.8. The number of halogens is 4. The first-order valence-corrected chi connectivity index (χ1v) is 11.4. The molecule has 4 aromatic rings. The fraction of sp³-hybridized carbons (Fsp3) is 0.192. The van der Waals surface area contributed by atoms with Gasteiger partial charge in [-0.1, -0.05) is 72.3 Å². The van der Waals surface area contributed by atoms with Crippen LogP contribution in [0.4, 0.5) is 13.2 Å². The maximum absolute atomic E-state index is 14.0. The van der Waals surface area contributed by atoms with E-state index in [1.54, 1.807) is 54.6 Å². The van der Waals surface area contributed by atoms with Crippen molar-refractivity contribution in [2.45, 2.75) is 24.7 Å². The summed E-state index contributed by atoms with van der Waals surface area (Å²) in [6.07, 6.45) is -4.82. The van der Waals surface area contributed by atoms with Crippen LogP contribution < -0.4 is 10.6 Å². The average Bonchev–Trinajstić information content (AvgIpc) is 3.30. The summed E-state index contributed by atoms with van der Waals surface area (Å²) >= 11 is 6.21. The standard InChI is InChI=1S/C26H21ClF3N3O3/c27-18-11-5-4-10-17(18)14-20(32-23(26(28,29)30)16-8-2-1-3-9-16)24(35)31-15-21(34)25-33-19-12-6-7-13-22(19)36-25/h1-13,20,23,32H,14-15H2,(H,31,35). The zero-order chi connectivity index (χ0) is 25.7. The van der Waals surface area contributed by atoms with E-state index in [1.807, 2.05) is 0 Å². The number of rotatable bonds is 9. The Bertz CT molecular complexity index is 1330. The lowest BCUT2D eigenvalue weighted by molar-refractivity contribution is -0.160. The Labute approximate surface area is 209 Å². The molecule has 0 radical (unpaired) electrons. The van der Waals surface area contributed by atoms with Crippen molar-refractivity contribution in [1.82, 2.24) is 15.6 Å². The Kier molecular flexibility index (Phi) is 7.71. The molecule has 6 nitrogen and oxygen atoms in total. The first kappa shape index (κ1) is 25.4. The SMILES string of the molecule is O=C(CNC(=O)C(Cc1ccccc1Cl)NC(c1ccccc1)C(F)(F)F)c1nc2ccccc2o1. The molecule has 0 aliphatic rings. The van der Waals surface area contributed by atoms with Gasteiger partial charge in [0.1, 0.15) is 11.6 Å². The van der Waals surface area contributed by atoms with E-state index in [-0.39, 0.29) is 17.9 Å². The van der Waals surface area contributed by atoms with Crippen molar-refractivity contribution in [3.8, 4) is 0 Å². The van der Waals surface area contributed by atoms with Crippen LogP contribution in [0.2, 0.25) is 5.02 Å². The van der Waals surface area contributed by atoms with Crippen molar-refractivity contribution < 1.29 is 27.2 Å². The van der Waals surface area contributed by atoms with E-state index >= 15 is 0 Å². The number of carbonyl (C=O) groups is 2. The van der Waals surface area contributed by atoms with Gasteiger partial charge in [-0.2, -0.15) is 13.2 Å². The largest absolute Gasteiger partial charge is 0.434 e. The molecular formula is C26H21ClF3N3O3. The number of alkyl halides is 3. The molecule has 10 heteroatoms. The summed E-state index contributed by atoms with van der Waals surface area (Å²) in [5.74, 6) is -1.62. The van der Waals surface area contributed by atoms with E-state index in [2.05, 4.69) is 15.6 Å². The second kappa shape index (κ2) is 10.9. The highest BCUT2D eigenvalue weighted by Gasteiger charge is 2.43. The molecule has 1 heterocycles. The van der Waals surface area contributed by atoms with Crippen LogP contribution in [-0.2, 0) is 11.2 Å². The second-order valence-corrected chi connectivity index (χ2v) is 8.44. The van der Waals surface area contributed by atoms with E-state index in [9.17, 15) is 22.8 Å². The first-order valence-electron chi connectivity index (χ1n) is 11.0. The van der Waals surface area contributed by atoms with Gasteiger partial charge in [0.2, 0.25) is 11.7 Å². The van der Waals surface area contributed by atoms with E-state index in [1.165, 1.54) is 24.3 Å². The molecule has 2 unspecified atom stereocenters. The number of aromatic nitrogens is 1. The molecule has 1 amide bonds. The van der Waals surface area contributed by atoms with E-state index in [4.69, 9.17) is 16.0 Å². The number of oxazole rings is 1. The highest BCUT2D eigenvalue weighted by Crippen LogP contribution is 2.33. The van der Waals surface area contributed by atoms with Crippen LogP contribution in [0.3, 0.4) is 0 Å². The van der Waals surface area contributed by atoms with Crippen LogP contribution in [-0.4, -0.2) is 35.4 Å². The van der Waals surface area contributed by atoms with Gasteiger partial charge in [-0.25, -0.2) is 4.98 Å². The predicted molar refractivity (Wildman–Crippen MR) is 129 cm³/mol. The number of nitrogens with one attached hydrogen (secondary N) is 2. The van der Waals surface area contributed by atoms with Crippen molar-refractivity contribution >= 4 is 34.4 Å². The third-order valence-electron chi connectivity index (χ3n) is 5.48. The fourth-order valence-electron chi connectivity index (χ4n) is 3.70. The van der Waals surface area contributed by atoms with E-state index in [0.717, 1.165) is 0 Å². The predicted octanol–water partition coefficient (Wildman–Crippen LogP) is 5.28. The summed E-state index contributed by atoms with van der Waals surface area (Å²) in [4.78, 5) is 29.7. The summed E-state index contributed by atoms with van der Waals surface area (Å²) in [6.45, 7) is -0.506. The van der Waals surface area contributed by atoms with Crippen LogP contribution in [0.15, 0.2) is 83.3 Å². The monoisotopic (exact) mass is 515 g/mol. The zero-order valence-corrected chi connectivity index (χ0v) is 19.5. The van der Waals surface area contributed by atoms with Crippen LogP contribution in [0.25, 0.3) is 11.1 Å². The van der Waals surface area contributed by atoms with Gasteiger partial charge < -0.3 is 9.73 Å². The average molecular weight is 516 g/mol. The fourth-order valence-corrected chi connectivity index (χ4v) is 3.91. The quantitative estimate of drug-likeness (QED) is 0.296. The third kappa shape index (κ3) is 6.10. The lowest BCUT2D eigenvalue weighted by Gasteiger charge is -2.27. The molecule has 0 aliphatic carbocycles. The third-order valence-corrected chi connectivity index (χ3v) is 5.85. The molecule has 4 rings (SSSR count). The molecule has 2 atom stereocenters. The number of benzene rings is 3. The van der Waals surface area contributed by atoms with Gasteiger partial charge in [0.05, 0.1) is 12.6 Å². The number of para-hydroxylation sites is 2. The molecule has 0 aliphatic heterocycles. The van der Waals surface area contributed by atoms with Gasteiger partial charge in [-0.05, 0) is 35.7 Å². The summed E-state index contributed by atoms with van der Waals surface area (Å²) in [6, 6.07) is 17.1. The minimum atomic E-state index is -4.69. The Balaban J connectivity index is 1.54. The summed E-state index contributed by atoms with van der Waals surface area (Å²) < 4.78 is 47.4. The van der Waals surface area contributed by atoms with E-state index in [0.29, 0.717) is 21.7 Å². The molecule has 1 aromatic heterocycles. The molecule has 0 saturated heterocycles. The molecule has 0 fully saturated rings. The number of fused-ring (bicyclic) bond motifs is 1. The Morgan fingerprint density at radius 1 is 0.944 bits per heavy atom. The Morgan fingerprint density at radius 2 is 1.61 bits per heavy atom. The molecule has 2 N–H and O–H groups in total. The number of amides is 1. The van der Waals surface area contributed by atoms with E-state index < -0.39 is 36.5 Å². The van der Waals surface area contributed by atoms with Crippen LogP contribution >= 0.6 is 11.6 Å². The molecule has 0 bridgehead atoms. The number of ketones is 1. The maximum Gasteiger partial charge on any atom is 0.407 e. The number of Topliss-reactive ketones (excluding diaryl/α,β-unsaturated/α-hetero) is 1. The van der Waals surface area contributed by atoms with Crippen molar-refractivity contribution in [1.29, 1.82) is 0 Å². The maximum atomic E-state index is 14.0. The van der Waals surface area contributed by atoms with Crippen LogP contribution in [0.1, 0.15) is 27.9 Å². The summed E-state index contributed by atoms with van der Waals surface area (Å²) in [5, 5.41) is 5.14. The molecule has 186 valence electrons. The summed E-state index contributed by atoms with van der Waals surface area (Å²) in [7, 11) is 0. The normalized spacial score (nSPS) is 13.3. The first-order chi connectivity index (χ1) is 17.2. The van der Waals surface area contributed by atoms with Gasteiger partial charge in [0.25, 0.3) is 5.89 Å². The molecule has 0 spiro atoms. The van der Waals surface area contributed by atoms with Gasteiger partial charge in [0, 0.05) is 5.02 Å². The second-order valence-electron chi connectivity index (χ2n) is 8.03. The van der Waals surface area contributed by atoms with Crippen molar-refractivity contribution in [2.24, 2.45) is 0 Å². The number of nitrogens with zero attached hydrogens (tertiary/aromatic N) is 1. The molecule has 3 aromatic carbocycles. The topological polar surface area (TPSA) is 84.2 Å². The molecular weight excluding hydrogens is 495 g/mol. The number of hydrogen-bond acceptors (Lipinski definition) is 5. The Morgan fingerprint density at radius 3 is 2.31 bits per heavy atom. The van der Waals surface area contributed by atoms with Crippen molar-refractivity contribution in [2.75, 3.05) is 6.54 Å². The lowest BCUT2D eigenvalue weighted by Crippen LogP contribution is -2.50.